The van der Waals surface area contributed by atoms with Crippen molar-refractivity contribution in [2.45, 2.75) is 0 Å². The van der Waals surface area contributed by atoms with Gasteiger partial charge < -0.3 is 4.57 Å². The van der Waals surface area contributed by atoms with Crippen LogP contribution in [0.5, 0.6) is 0 Å². The summed E-state index contributed by atoms with van der Waals surface area (Å²) in [6.45, 7) is 0. The number of rotatable bonds is 2. The molecule has 43 heavy (non-hydrogen) atoms. The molecule has 198 valence electrons. The summed E-state index contributed by atoms with van der Waals surface area (Å²) in [7, 11) is 0. The maximum atomic E-state index is 10.2. The molecule has 0 saturated heterocycles. The quantitative estimate of drug-likeness (QED) is 0.204. The molecule has 0 bridgehead atoms. The molecule has 0 radical (unpaired) electrons. The summed E-state index contributed by atoms with van der Waals surface area (Å²) in [5.74, 6) is 0. The lowest BCUT2D eigenvalue weighted by atomic mass is 9.96. The fourth-order valence-corrected chi connectivity index (χ4v) is 9.03. The molecule has 9 rings (SSSR count). The molecule has 0 saturated carbocycles. The van der Waals surface area contributed by atoms with Gasteiger partial charge in [0.2, 0.25) is 0 Å². The molecule has 0 unspecified atom stereocenters. The highest BCUT2D eigenvalue weighted by molar-refractivity contribution is 7.26. The molecule has 0 fully saturated rings. The predicted octanol–water partition coefficient (Wildman–Crippen LogP) is 10.9. The van der Waals surface area contributed by atoms with Crippen molar-refractivity contribution in [3.8, 4) is 29.0 Å². The molecule has 0 aliphatic carbocycles. The van der Waals surface area contributed by atoms with E-state index in [0.717, 1.165) is 58.8 Å². The van der Waals surface area contributed by atoms with Gasteiger partial charge in [0.1, 0.15) is 6.07 Å². The molecule has 0 amide bonds. The third kappa shape index (κ3) is 3.38. The van der Waals surface area contributed by atoms with Crippen LogP contribution in [0.4, 0.5) is 0 Å². The van der Waals surface area contributed by atoms with Crippen LogP contribution < -0.4 is 0 Å². The van der Waals surface area contributed by atoms with E-state index >= 15 is 0 Å². The largest absolute Gasteiger partial charge is 0.308 e. The van der Waals surface area contributed by atoms with Crippen molar-refractivity contribution in [1.82, 2.24) is 4.57 Å². The highest BCUT2D eigenvalue weighted by atomic mass is 32.1. The Bertz CT molecular complexity index is 2710. The van der Waals surface area contributed by atoms with Crippen LogP contribution in [0.3, 0.4) is 0 Å². The Labute approximate surface area is 254 Å². The summed E-state index contributed by atoms with van der Waals surface area (Å²) < 4.78 is 7.00. The Morgan fingerprint density at radius 2 is 1.33 bits per heavy atom. The molecule has 0 aliphatic rings. The van der Waals surface area contributed by atoms with E-state index in [9.17, 15) is 10.5 Å². The average molecular weight is 582 g/mol. The summed E-state index contributed by atoms with van der Waals surface area (Å²) in [6.07, 6.45) is 0. The highest BCUT2D eigenvalue weighted by Crippen LogP contribution is 2.46. The van der Waals surface area contributed by atoms with Crippen molar-refractivity contribution in [2.75, 3.05) is 0 Å². The Hall–Kier alpha value is -5.46. The zero-order chi connectivity index (χ0) is 28.7. The monoisotopic (exact) mass is 581 g/mol. The Balaban J connectivity index is 1.36. The summed E-state index contributed by atoms with van der Waals surface area (Å²) in [4.78, 5) is 0. The van der Waals surface area contributed by atoms with Gasteiger partial charge in [0.15, 0.2) is 0 Å². The van der Waals surface area contributed by atoms with Gasteiger partial charge in [-0.2, -0.15) is 10.5 Å². The number of para-hydroxylation sites is 1. The predicted molar refractivity (Wildman–Crippen MR) is 181 cm³/mol. The van der Waals surface area contributed by atoms with Crippen molar-refractivity contribution in [2.24, 2.45) is 0 Å². The van der Waals surface area contributed by atoms with Crippen LogP contribution in [-0.2, 0) is 0 Å². The number of hydrogen-bond donors (Lipinski definition) is 0. The Morgan fingerprint density at radius 3 is 2.21 bits per heavy atom. The lowest BCUT2D eigenvalue weighted by Crippen LogP contribution is -1.93. The van der Waals surface area contributed by atoms with Crippen molar-refractivity contribution in [3.05, 3.63) is 126 Å². The van der Waals surface area contributed by atoms with E-state index in [1.165, 1.54) is 20.2 Å². The second-order valence-electron chi connectivity index (χ2n) is 10.7. The minimum atomic E-state index is 0.648. The third-order valence-electron chi connectivity index (χ3n) is 8.48. The van der Waals surface area contributed by atoms with E-state index in [2.05, 4.69) is 102 Å². The van der Waals surface area contributed by atoms with Gasteiger partial charge in [-0.1, -0.05) is 66.7 Å². The van der Waals surface area contributed by atoms with Crippen molar-refractivity contribution < 1.29 is 0 Å². The number of fused-ring (bicyclic) bond motifs is 9. The second kappa shape index (κ2) is 9.02. The van der Waals surface area contributed by atoms with Crippen LogP contribution >= 0.6 is 22.7 Å². The van der Waals surface area contributed by atoms with Gasteiger partial charge >= 0.3 is 0 Å². The maximum absolute atomic E-state index is 10.2. The lowest BCUT2D eigenvalue weighted by Gasteiger charge is -2.10. The number of thiophene rings is 2. The van der Waals surface area contributed by atoms with Crippen molar-refractivity contribution in [1.29, 1.82) is 10.5 Å². The first-order valence-electron chi connectivity index (χ1n) is 14.0. The third-order valence-corrected chi connectivity index (χ3v) is 10.9. The van der Waals surface area contributed by atoms with Crippen LogP contribution in [0.15, 0.2) is 115 Å². The zero-order valence-electron chi connectivity index (χ0n) is 22.6. The maximum Gasteiger partial charge on any atom is 0.101 e. The zero-order valence-corrected chi connectivity index (χ0v) is 24.3. The van der Waals surface area contributed by atoms with Crippen LogP contribution in [0.2, 0.25) is 0 Å². The molecular formula is C38H19N3S2. The molecule has 6 aromatic carbocycles. The number of aromatic nitrogens is 1. The van der Waals surface area contributed by atoms with Gasteiger partial charge in [0.05, 0.1) is 43.3 Å². The molecule has 3 heterocycles. The number of benzene rings is 6. The first-order valence-corrected chi connectivity index (χ1v) is 15.6. The molecule has 3 aromatic heterocycles. The van der Waals surface area contributed by atoms with E-state index in [4.69, 9.17) is 0 Å². The van der Waals surface area contributed by atoms with Gasteiger partial charge in [0, 0.05) is 41.7 Å². The van der Waals surface area contributed by atoms with Gasteiger partial charge in [-0.25, -0.2) is 0 Å². The summed E-state index contributed by atoms with van der Waals surface area (Å²) in [5.41, 5.74) is 6.85. The summed E-state index contributed by atoms with van der Waals surface area (Å²) in [5, 5.41) is 26.8. The van der Waals surface area contributed by atoms with E-state index in [1.54, 1.807) is 11.3 Å². The van der Waals surface area contributed by atoms with Gasteiger partial charge in [0.25, 0.3) is 0 Å². The summed E-state index contributed by atoms with van der Waals surface area (Å²) in [6, 6.07) is 44.9. The van der Waals surface area contributed by atoms with E-state index in [-0.39, 0.29) is 0 Å². The normalized spacial score (nSPS) is 11.7. The van der Waals surface area contributed by atoms with Crippen LogP contribution in [0, 0.1) is 22.7 Å². The Kier molecular flexibility index (Phi) is 5.07. The van der Waals surface area contributed by atoms with Crippen LogP contribution in [0.25, 0.3) is 79.0 Å². The molecule has 9 aromatic rings. The first kappa shape index (κ1) is 24.2. The minimum Gasteiger partial charge on any atom is -0.308 e. The van der Waals surface area contributed by atoms with Gasteiger partial charge in [-0.3, -0.25) is 0 Å². The lowest BCUT2D eigenvalue weighted by molar-refractivity contribution is 1.20. The van der Waals surface area contributed by atoms with E-state index in [1.807, 2.05) is 41.7 Å². The molecule has 0 aliphatic heterocycles. The molecule has 5 heteroatoms. The Morgan fingerprint density at radius 1 is 0.535 bits per heavy atom. The fourth-order valence-electron chi connectivity index (χ4n) is 6.59. The second-order valence-corrected chi connectivity index (χ2v) is 12.8. The molecular weight excluding hydrogens is 563 g/mol. The highest BCUT2D eigenvalue weighted by Gasteiger charge is 2.20. The van der Waals surface area contributed by atoms with E-state index < -0.39 is 0 Å². The smallest absolute Gasteiger partial charge is 0.101 e. The topological polar surface area (TPSA) is 52.5 Å². The van der Waals surface area contributed by atoms with Gasteiger partial charge in [-0.05, 0) is 59.7 Å². The van der Waals surface area contributed by atoms with Crippen molar-refractivity contribution >= 4 is 84.8 Å². The number of nitrogens with zero attached hydrogens (tertiary/aromatic N) is 3. The van der Waals surface area contributed by atoms with Crippen LogP contribution in [0.1, 0.15) is 11.1 Å². The summed E-state index contributed by atoms with van der Waals surface area (Å²) >= 11 is 3.51. The van der Waals surface area contributed by atoms with Crippen LogP contribution in [-0.4, -0.2) is 4.57 Å². The molecule has 0 N–H and O–H groups in total. The molecule has 0 spiro atoms. The average Bonchev–Trinajstić information content (AvgIpc) is 3.73. The van der Waals surface area contributed by atoms with E-state index in [0.29, 0.717) is 11.1 Å². The SMILES string of the molecule is N#Cc1ccc2c(c1)c1ccccc1n2-c1cccc2c1sc1c(C#N)ccc(-c3ccc4c(c3)sc3ccccc34)c12. The fraction of sp³-hybridized carbons (Fsp3) is 0. The molecule has 3 nitrogen and oxygen atoms in total. The van der Waals surface area contributed by atoms with Crippen molar-refractivity contribution in [3.63, 3.8) is 0 Å². The standard InChI is InChI=1S/C38H19N3S2/c39-20-22-12-17-32-30(18-22)26-6-1-3-9-31(26)41(32)33-10-5-8-29-36-25(15-14-24(21-40)37(36)43-38(29)33)23-13-16-28-27-7-2-4-11-34(27)42-35(28)19-23/h1-19H. The number of nitriles is 2. The van der Waals surface area contributed by atoms with Gasteiger partial charge in [-0.15, -0.1) is 22.7 Å². The number of hydrogen-bond acceptors (Lipinski definition) is 4. The molecule has 0 atom stereocenters. The first-order chi connectivity index (χ1) is 21.2. The minimum absolute atomic E-state index is 0.648.